The molecule has 0 spiro atoms. The largest absolute Gasteiger partial charge is 0.455 e. The van der Waals surface area contributed by atoms with Crippen molar-refractivity contribution in [2.45, 2.75) is 0 Å². The highest BCUT2D eigenvalue weighted by atomic mass is 16.6. The fourth-order valence-electron chi connectivity index (χ4n) is 2.33. The molecule has 0 bridgehead atoms. The van der Waals surface area contributed by atoms with E-state index in [1.807, 2.05) is 36.4 Å². The number of nitro benzene ring substituents is 1. The third-order valence-electron chi connectivity index (χ3n) is 3.65. The van der Waals surface area contributed by atoms with Crippen LogP contribution in [0.15, 0.2) is 84.9 Å². The molecule has 6 heteroatoms. The maximum absolute atomic E-state index is 12.2. The summed E-state index contributed by atoms with van der Waals surface area (Å²) in [6, 6.07) is 22.3. The number of rotatable bonds is 6. The molecule has 6 nitrogen and oxygen atoms in total. The van der Waals surface area contributed by atoms with Gasteiger partial charge < -0.3 is 10.1 Å². The smallest absolute Gasteiger partial charge is 0.269 e. The number of hydrogen-bond donors (Lipinski definition) is 1. The Morgan fingerprint density at radius 2 is 1.59 bits per heavy atom. The second-order valence-electron chi connectivity index (χ2n) is 5.58. The van der Waals surface area contributed by atoms with Gasteiger partial charge in [0, 0.05) is 18.2 Å². The van der Waals surface area contributed by atoms with Crippen LogP contribution in [0.25, 0.3) is 6.08 Å². The summed E-state index contributed by atoms with van der Waals surface area (Å²) in [6.07, 6.45) is 2.94. The molecule has 0 unspecified atom stereocenters. The predicted molar refractivity (Wildman–Crippen MR) is 104 cm³/mol. The molecule has 0 aromatic heterocycles. The van der Waals surface area contributed by atoms with Crippen molar-refractivity contribution in [3.63, 3.8) is 0 Å². The second-order valence-corrected chi connectivity index (χ2v) is 5.58. The standard InChI is InChI=1S/C21H16N2O4/c24-21(15-12-16-10-13-17(14-11-16)23(25)26)22-19-8-4-5-9-20(19)27-18-6-2-1-3-7-18/h1-15H,(H,22,24). The van der Waals surface area contributed by atoms with E-state index in [0.29, 0.717) is 22.7 Å². The summed E-state index contributed by atoms with van der Waals surface area (Å²) in [5, 5.41) is 13.4. The summed E-state index contributed by atoms with van der Waals surface area (Å²) in [6.45, 7) is 0. The van der Waals surface area contributed by atoms with E-state index in [0.717, 1.165) is 0 Å². The first-order valence-electron chi connectivity index (χ1n) is 8.17. The average Bonchev–Trinajstić information content (AvgIpc) is 2.69. The molecule has 27 heavy (non-hydrogen) atoms. The molecular formula is C21H16N2O4. The Morgan fingerprint density at radius 3 is 2.30 bits per heavy atom. The minimum atomic E-state index is -0.468. The van der Waals surface area contributed by atoms with Gasteiger partial charge in [-0.3, -0.25) is 14.9 Å². The molecule has 3 rings (SSSR count). The third-order valence-corrected chi connectivity index (χ3v) is 3.65. The number of nitrogens with one attached hydrogen (secondary N) is 1. The van der Waals surface area contributed by atoms with Crippen LogP contribution in [0.1, 0.15) is 5.56 Å². The number of benzene rings is 3. The Kier molecular flexibility index (Phi) is 5.59. The molecule has 0 aliphatic carbocycles. The Morgan fingerprint density at radius 1 is 0.926 bits per heavy atom. The number of para-hydroxylation sites is 3. The molecule has 1 N–H and O–H groups in total. The van der Waals surface area contributed by atoms with E-state index < -0.39 is 4.92 Å². The minimum absolute atomic E-state index is 0.00332. The molecular weight excluding hydrogens is 344 g/mol. The van der Waals surface area contributed by atoms with Crippen molar-refractivity contribution in [3.8, 4) is 11.5 Å². The second kappa shape index (κ2) is 8.44. The molecule has 3 aromatic carbocycles. The van der Waals surface area contributed by atoms with Crippen molar-refractivity contribution >= 4 is 23.4 Å². The normalized spacial score (nSPS) is 10.5. The van der Waals surface area contributed by atoms with Gasteiger partial charge in [-0.15, -0.1) is 0 Å². The average molecular weight is 360 g/mol. The SMILES string of the molecule is O=C(C=Cc1ccc([N+](=O)[O-])cc1)Nc1ccccc1Oc1ccccc1. The van der Waals surface area contributed by atoms with Crippen LogP contribution in [-0.2, 0) is 4.79 Å². The van der Waals surface area contributed by atoms with Gasteiger partial charge in [0.1, 0.15) is 5.75 Å². The van der Waals surface area contributed by atoms with E-state index in [9.17, 15) is 14.9 Å². The van der Waals surface area contributed by atoms with Crippen LogP contribution in [0.5, 0.6) is 11.5 Å². The molecule has 1 amide bonds. The quantitative estimate of drug-likeness (QED) is 0.379. The van der Waals surface area contributed by atoms with Crippen LogP contribution >= 0.6 is 0 Å². The molecule has 0 saturated heterocycles. The van der Waals surface area contributed by atoms with Gasteiger partial charge in [-0.1, -0.05) is 30.3 Å². The van der Waals surface area contributed by atoms with Crippen LogP contribution < -0.4 is 10.1 Å². The molecule has 0 fully saturated rings. The van der Waals surface area contributed by atoms with E-state index in [4.69, 9.17) is 4.74 Å². The maximum Gasteiger partial charge on any atom is 0.269 e. The Balaban J connectivity index is 1.68. The van der Waals surface area contributed by atoms with E-state index >= 15 is 0 Å². The van der Waals surface area contributed by atoms with Crippen molar-refractivity contribution in [2.24, 2.45) is 0 Å². The Hall–Kier alpha value is -3.93. The number of carbonyl (C=O) groups excluding carboxylic acids is 1. The van der Waals surface area contributed by atoms with Crippen LogP contribution in [0, 0.1) is 10.1 Å². The fraction of sp³-hybridized carbons (Fsp3) is 0. The highest BCUT2D eigenvalue weighted by Crippen LogP contribution is 2.29. The molecule has 134 valence electrons. The highest BCUT2D eigenvalue weighted by molar-refractivity contribution is 6.02. The number of non-ortho nitro benzene ring substituents is 1. The van der Waals surface area contributed by atoms with Gasteiger partial charge >= 0.3 is 0 Å². The molecule has 0 aliphatic rings. The number of nitro groups is 1. The Labute approximate surface area is 155 Å². The number of nitrogens with zero attached hydrogens (tertiary/aromatic N) is 1. The van der Waals surface area contributed by atoms with E-state index in [1.165, 1.54) is 18.2 Å². The summed E-state index contributed by atoms with van der Waals surface area (Å²) in [7, 11) is 0. The van der Waals surface area contributed by atoms with E-state index in [1.54, 1.807) is 36.4 Å². The first-order valence-corrected chi connectivity index (χ1v) is 8.17. The van der Waals surface area contributed by atoms with Gasteiger partial charge in [-0.25, -0.2) is 0 Å². The molecule has 0 heterocycles. The van der Waals surface area contributed by atoms with Crippen molar-refractivity contribution in [1.82, 2.24) is 0 Å². The zero-order chi connectivity index (χ0) is 19.1. The van der Waals surface area contributed by atoms with Gasteiger partial charge in [0.15, 0.2) is 5.75 Å². The molecule has 0 radical (unpaired) electrons. The van der Waals surface area contributed by atoms with E-state index in [-0.39, 0.29) is 11.6 Å². The Bertz CT molecular complexity index is 967. The maximum atomic E-state index is 12.2. The summed E-state index contributed by atoms with van der Waals surface area (Å²) in [5.41, 5.74) is 1.23. The van der Waals surface area contributed by atoms with Crippen LogP contribution in [0.2, 0.25) is 0 Å². The van der Waals surface area contributed by atoms with Gasteiger partial charge in [0.05, 0.1) is 10.6 Å². The summed E-state index contributed by atoms with van der Waals surface area (Å²) < 4.78 is 5.81. The number of anilines is 1. The lowest BCUT2D eigenvalue weighted by molar-refractivity contribution is -0.384. The summed E-state index contributed by atoms with van der Waals surface area (Å²) in [5.74, 6) is 0.860. The monoisotopic (exact) mass is 360 g/mol. The van der Waals surface area contributed by atoms with Gasteiger partial charge in [0.25, 0.3) is 5.69 Å². The fourth-order valence-corrected chi connectivity index (χ4v) is 2.33. The van der Waals surface area contributed by atoms with Crippen LogP contribution in [0.3, 0.4) is 0 Å². The zero-order valence-corrected chi connectivity index (χ0v) is 14.2. The van der Waals surface area contributed by atoms with Crippen molar-refractivity contribution in [3.05, 3.63) is 101 Å². The number of ether oxygens (including phenoxy) is 1. The first kappa shape index (κ1) is 17.9. The predicted octanol–water partition coefficient (Wildman–Crippen LogP) is 5.04. The van der Waals surface area contributed by atoms with Gasteiger partial charge in [-0.2, -0.15) is 0 Å². The van der Waals surface area contributed by atoms with E-state index in [2.05, 4.69) is 5.32 Å². The van der Waals surface area contributed by atoms with Gasteiger partial charge in [0.2, 0.25) is 5.91 Å². The highest BCUT2D eigenvalue weighted by Gasteiger charge is 2.07. The van der Waals surface area contributed by atoms with Crippen molar-refractivity contribution in [1.29, 1.82) is 0 Å². The molecule has 0 aliphatic heterocycles. The molecule has 0 saturated carbocycles. The summed E-state index contributed by atoms with van der Waals surface area (Å²) >= 11 is 0. The number of carbonyl (C=O) groups is 1. The molecule has 0 atom stereocenters. The summed E-state index contributed by atoms with van der Waals surface area (Å²) in [4.78, 5) is 22.4. The van der Waals surface area contributed by atoms with Crippen molar-refractivity contribution < 1.29 is 14.5 Å². The number of amides is 1. The lowest BCUT2D eigenvalue weighted by Crippen LogP contribution is -2.08. The number of hydrogen-bond acceptors (Lipinski definition) is 4. The topological polar surface area (TPSA) is 81.5 Å². The lowest BCUT2D eigenvalue weighted by atomic mass is 10.2. The van der Waals surface area contributed by atoms with Gasteiger partial charge in [-0.05, 0) is 48.0 Å². The minimum Gasteiger partial charge on any atom is -0.455 e. The van der Waals surface area contributed by atoms with Crippen LogP contribution in [-0.4, -0.2) is 10.8 Å². The molecule has 3 aromatic rings. The third kappa shape index (κ3) is 5.02. The lowest BCUT2D eigenvalue weighted by Gasteiger charge is -2.11. The van der Waals surface area contributed by atoms with Crippen molar-refractivity contribution in [2.75, 3.05) is 5.32 Å². The van der Waals surface area contributed by atoms with Crippen LogP contribution in [0.4, 0.5) is 11.4 Å². The first-order chi connectivity index (χ1) is 13.1. The zero-order valence-electron chi connectivity index (χ0n) is 14.2.